The second-order valence-corrected chi connectivity index (χ2v) is 3.61. The third kappa shape index (κ3) is 2.93. The number of aliphatic hydroxyl groups is 1. The van der Waals surface area contributed by atoms with Crippen LogP contribution in [0.1, 0.15) is 34.2 Å². The van der Waals surface area contributed by atoms with Crippen molar-refractivity contribution in [3.8, 4) is 0 Å². The quantitative estimate of drug-likeness (QED) is 0.559. The van der Waals surface area contributed by atoms with Crippen molar-refractivity contribution in [3.05, 3.63) is 23.5 Å². The van der Waals surface area contributed by atoms with Gasteiger partial charge in [-0.15, -0.1) is 0 Å². The predicted octanol–water partition coefficient (Wildman–Crippen LogP) is 0.340. The van der Waals surface area contributed by atoms with Gasteiger partial charge in [-0.1, -0.05) is 0 Å². The molecular weight excluding hydrogens is 208 g/mol. The topological polar surface area (TPSA) is 71.3 Å². The highest BCUT2D eigenvalue weighted by Gasteiger charge is 2.12. The van der Waals surface area contributed by atoms with Gasteiger partial charge in [0.15, 0.2) is 5.78 Å². The molecule has 0 fully saturated rings. The molecule has 0 aromatic carbocycles. The first-order valence-corrected chi connectivity index (χ1v) is 5.12. The molecule has 0 aliphatic heterocycles. The summed E-state index contributed by atoms with van der Waals surface area (Å²) in [6.45, 7) is 1.94. The second-order valence-electron chi connectivity index (χ2n) is 3.61. The highest BCUT2D eigenvalue weighted by molar-refractivity contribution is 5.99. The van der Waals surface area contributed by atoms with Crippen LogP contribution in [-0.2, 0) is 7.05 Å². The van der Waals surface area contributed by atoms with E-state index in [1.165, 1.54) is 6.92 Å². The van der Waals surface area contributed by atoms with E-state index in [9.17, 15) is 9.59 Å². The first-order chi connectivity index (χ1) is 7.56. The maximum absolute atomic E-state index is 11.7. The Morgan fingerprint density at radius 3 is 2.69 bits per heavy atom. The van der Waals surface area contributed by atoms with Crippen molar-refractivity contribution in [2.75, 3.05) is 13.2 Å². The van der Waals surface area contributed by atoms with E-state index in [0.29, 0.717) is 24.2 Å². The number of aliphatic hydroxyl groups excluding tert-OH is 1. The minimum absolute atomic E-state index is 0.0477. The van der Waals surface area contributed by atoms with Gasteiger partial charge in [-0.05, 0) is 19.4 Å². The first kappa shape index (κ1) is 12.4. The number of carbonyl (C=O) groups excluding carboxylic acids is 2. The van der Waals surface area contributed by atoms with Gasteiger partial charge in [0.2, 0.25) is 0 Å². The number of nitrogens with zero attached hydrogens (tertiary/aromatic N) is 1. The van der Waals surface area contributed by atoms with Gasteiger partial charge >= 0.3 is 0 Å². The summed E-state index contributed by atoms with van der Waals surface area (Å²) in [5.74, 6) is -0.298. The SMILES string of the molecule is CC(=O)c1cc(C(=O)NCCCO)n(C)c1. The molecule has 16 heavy (non-hydrogen) atoms. The lowest BCUT2D eigenvalue weighted by Gasteiger charge is -2.04. The molecule has 0 atom stereocenters. The van der Waals surface area contributed by atoms with Gasteiger partial charge in [0.05, 0.1) is 0 Å². The van der Waals surface area contributed by atoms with E-state index >= 15 is 0 Å². The molecule has 0 unspecified atom stereocenters. The van der Waals surface area contributed by atoms with E-state index in [2.05, 4.69) is 5.32 Å². The highest BCUT2D eigenvalue weighted by atomic mass is 16.3. The number of ketones is 1. The van der Waals surface area contributed by atoms with Crippen LogP contribution in [0.2, 0.25) is 0 Å². The minimum atomic E-state index is -0.233. The smallest absolute Gasteiger partial charge is 0.267 e. The Morgan fingerprint density at radius 1 is 1.50 bits per heavy atom. The zero-order chi connectivity index (χ0) is 12.1. The molecule has 1 rings (SSSR count). The van der Waals surface area contributed by atoms with Crippen LogP contribution < -0.4 is 5.32 Å². The molecule has 0 spiro atoms. The van der Waals surface area contributed by atoms with Crippen molar-refractivity contribution in [1.29, 1.82) is 0 Å². The lowest BCUT2D eigenvalue weighted by Crippen LogP contribution is -2.26. The van der Waals surface area contributed by atoms with Crippen molar-refractivity contribution in [1.82, 2.24) is 9.88 Å². The molecule has 1 aromatic heterocycles. The largest absolute Gasteiger partial charge is 0.396 e. The van der Waals surface area contributed by atoms with Gasteiger partial charge in [-0.25, -0.2) is 0 Å². The van der Waals surface area contributed by atoms with Gasteiger partial charge < -0.3 is 15.0 Å². The summed E-state index contributed by atoms with van der Waals surface area (Å²) in [5, 5.41) is 11.2. The van der Waals surface area contributed by atoms with Crippen LogP contribution in [-0.4, -0.2) is 34.5 Å². The standard InChI is InChI=1S/C11H16N2O3/c1-8(15)9-6-10(13(2)7-9)11(16)12-4-3-5-14/h6-7,14H,3-5H2,1-2H3,(H,12,16). The van der Waals surface area contributed by atoms with Crippen LogP contribution in [0, 0.1) is 0 Å². The van der Waals surface area contributed by atoms with Gasteiger partial charge in [0, 0.05) is 32.0 Å². The van der Waals surface area contributed by atoms with Crippen LogP contribution in [0.3, 0.4) is 0 Å². The Kier molecular flexibility index (Phi) is 4.25. The van der Waals surface area contributed by atoms with E-state index in [1.54, 1.807) is 23.9 Å². The monoisotopic (exact) mass is 224 g/mol. The summed E-state index contributed by atoms with van der Waals surface area (Å²) in [7, 11) is 1.72. The Morgan fingerprint density at radius 2 is 2.19 bits per heavy atom. The zero-order valence-corrected chi connectivity index (χ0v) is 9.49. The number of amides is 1. The highest BCUT2D eigenvalue weighted by Crippen LogP contribution is 2.07. The number of aromatic nitrogens is 1. The molecule has 0 radical (unpaired) electrons. The fourth-order valence-electron chi connectivity index (χ4n) is 1.35. The van der Waals surface area contributed by atoms with Gasteiger partial charge in [-0.2, -0.15) is 0 Å². The lowest BCUT2D eigenvalue weighted by molar-refractivity contribution is 0.0942. The Hall–Kier alpha value is -1.62. The summed E-state index contributed by atoms with van der Waals surface area (Å²) in [4.78, 5) is 22.8. The van der Waals surface area contributed by atoms with Crippen LogP contribution in [0.15, 0.2) is 12.3 Å². The summed E-state index contributed by atoms with van der Waals surface area (Å²) in [6, 6.07) is 1.57. The number of hydrogen-bond acceptors (Lipinski definition) is 3. The lowest BCUT2D eigenvalue weighted by atomic mass is 10.2. The van der Waals surface area contributed by atoms with Crippen molar-refractivity contribution in [2.45, 2.75) is 13.3 Å². The number of aryl methyl sites for hydroxylation is 1. The van der Waals surface area contributed by atoms with E-state index < -0.39 is 0 Å². The van der Waals surface area contributed by atoms with Crippen molar-refractivity contribution in [3.63, 3.8) is 0 Å². The molecule has 1 aromatic rings. The number of hydrogen-bond donors (Lipinski definition) is 2. The first-order valence-electron chi connectivity index (χ1n) is 5.12. The molecule has 5 nitrogen and oxygen atoms in total. The molecule has 0 bridgehead atoms. The maximum Gasteiger partial charge on any atom is 0.267 e. The Bertz CT molecular complexity index is 396. The third-order valence-electron chi connectivity index (χ3n) is 2.26. The normalized spacial score (nSPS) is 10.2. The zero-order valence-electron chi connectivity index (χ0n) is 9.49. The van der Waals surface area contributed by atoms with E-state index in [0.717, 1.165) is 0 Å². The van der Waals surface area contributed by atoms with Crippen LogP contribution in [0.25, 0.3) is 0 Å². The number of carbonyl (C=O) groups is 2. The summed E-state index contributed by atoms with van der Waals surface area (Å²) in [6.07, 6.45) is 2.15. The van der Waals surface area contributed by atoms with Crippen molar-refractivity contribution < 1.29 is 14.7 Å². The number of Topliss-reactive ketones (excluding diaryl/α,β-unsaturated/α-hetero) is 1. The fourth-order valence-corrected chi connectivity index (χ4v) is 1.35. The molecule has 1 amide bonds. The Balaban J connectivity index is 2.71. The molecule has 88 valence electrons. The number of rotatable bonds is 5. The summed E-state index contributed by atoms with van der Waals surface area (Å²) >= 11 is 0. The average Bonchev–Trinajstić information content (AvgIpc) is 2.61. The fraction of sp³-hybridized carbons (Fsp3) is 0.455. The second kappa shape index (κ2) is 5.46. The van der Waals surface area contributed by atoms with Crippen molar-refractivity contribution >= 4 is 11.7 Å². The minimum Gasteiger partial charge on any atom is -0.396 e. The Labute approximate surface area is 94.1 Å². The molecule has 5 heteroatoms. The van der Waals surface area contributed by atoms with E-state index in [-0.39, 0.29) is 18.3 Å². The molecule has 2 N–H and O–H groups in total. The number of nitrogens with one attached hydrogen (secondary N) is 1. The van der Waals surface area contributed by atoms with E-state index in [1.807, 2.05) is 0 Å². The molecule has 1 heterocycles. The molecule has 0 aliphatic carbocycles. The molecule has 0 saturated heterocycles. The van der Waals surface area contributed by atoms with Crippen LogP contribution >= 0.6 is 0 Å². The average molecular weight is 224 g/mol. The third-order valence-corrected chi connectivity index (χ3v) is 2.26. The predicted molar refractivity (Wildman–Crippen MR) is 59.5 cm³/mol. The van der Waals surface area contributed by atoms with Gasteiger partial charge in [0.25, 0.3) is 5.91 Å². The molecule has 0 aliphatic rings. The molecular formula is C11H16N2O3. The van der Waals surface area contributed by atoms with E-state index in [4.69, 9.17) is 5.11 Å². The van der Waals surface area contributed by atoms with Crippen LogP contribution in [0.4, 0.5) is 0 Å². The maximum atomic E-state index is 11.7. The van der Waals surface area contributed by atoms with Crippen LogP contribution in [0.5, 0.6) is 0 Å². The summed E-state index contributed by atoms with van der Waals surface area (Å²) in [5.41, 5.74) is 0.970. The van der Waals surface area contributed by atoms with Gasteiger partial charge in [-0.3, -0.25) is 9.59 Å². The summed E-state index contributed by atoms with van der Waals surface area (Å²) < 4.78 is 1.62. The van der Waals surface area contributed by atoms with Gasteiger partial charge in [0.1, 0.15) is 5.69 Å². The van der Waals surface area contributed by atoms with Crippen molar-refractivity contribution in [2.24, 2.45) is 7.05 Å². The molecule has 0 saturated carbocycles.